The third kappa shape index (κ3) is 4.41. The Labute approximate surface area is 141 Å². The Morgan fingerprint density at radius 3 is 2.88 bits per heavy atom. The quantitative estimate of drug-likeness (QED) is 0.680. The van der Waals surface area contributed by atoms with Gasteiger partial charge in [-0.1, -0.05) is 12.1 Å². The van der Waals surface area contributed by atoms with Crippen LogP contribution in [-0.2, 0) is 6.54 Å². The van der Waals surface area contributed by atoms with Gasteiger partial charge in [0.15, 0.2) is 0 Å². The van der Waals surface area contributed by atoms with Crippen LogP contribution in [0.2, 0.25) is 0 Å². The molecule has 0 radical (unpaired) electrons. The molecule has 0 spiro atoms. The van der Waals surface area contributed by atoms with Crippen molar-refractivity contribution in [2.24, 2.45) is 0 Å². The fourth-order valence-corrected chi connectivity index (χ4v) is 3.14. The number of nitrogens with one attached hydrogen (secondary N) is 2. The molecule has 5 nitrogen and oxygen atoms in total. The molecule has 1 aromatic heterocycles. The van der Waals surface area contributed by atoms with Gasteiger partial charge in [-0.25, -0.2) is 4.39 Å². The highest BCUT2D eigenvalue weighted by atomic mass is 19.1. The van der Waals surface area contributed by atoms with Gasteiger partial charge in [-0.2, -0.15) is 5.10 Å². The molecule has 0 unspecified atom stereocenters. The summed E-state index contributed by atoms with van der Waals surface area (Å²) < 4.78 is 13.9. The number of aliphatic hydroxyl groups is 1. The Bertz CT molecular complexity index is 637. The summed E-state index contributed by atoms with van der Waals surface area (Å²) in [4.78, 5) is 2.40. The van der Waals surface area contributed by atoms with Crippen LogP contribution in [0, 0.1) is 5.82 Å². The van der Waals surface area contributed by atoms with E-state index in [0.29, 0.717) is 12.1 Å². The first-order valence-electron chi connectivity index (χ1n) is 8.62. The van der Waals surface area contributed by atoms with Gasteiger partial charge in [0, 0.05) is 30.8 Å². The molecule has 0 bridgehead atoms. The average molecular weight is 332 g/mol. The number of rotatable bonds is 7. The fraction of sp³-hybridized carbons (Fsp3) is 0.500. The highest BCUT2D eigenvalue weighted by Gasteiger charge is 2.16. The lowest BCUT2D eigenvalue weighted by molar-refractivity contribution is 0.0821. The van der Waals surface area contributed by atoms with Crippen molar-refractivity contribution >= 4 is 0 Å². The highest BCUT2D eigenvalue weighted by Crippen LogP contribution is 2.23. The van der Waals surface area contributed by atoms with Crippen LogP contribution in [-0.4, -0.2) is 52.5 Å². The molecule has 6 heteroatoms. The third-order valence-corrected chi connectivity index (χ3v) is 4.56. The molecule has 0 aliphatic carbocycles. The number of nitrogens with zero attached hydrogens (tertiary/aromatic N) is 2. The predicted octanol–water partition coefficient (Wildman–Crippen LogP) is 2.15. The first-order chi connectivity index (χ1) is 11.7. The second-order valence-electron chi connectivity index (χ2n) is 6.35. The summed E-state index contributed by atoms with van der Waals surface area (Å²) in [5, 5.41) is 19.9. The summed E-state index contributed by atoms with van der Waals surface area (Å²) in [5.41, 5.74) is 2.27. The van der Waals surface area contributed by atoms with E-state index >= 15 is 0 Å². The van der Waals surface area contributed by atoms with Gasteiger partial charge in [-0.15, -0.1) is 0 Å². The minimum absolute atomic E-state index is 0.114. The van der Waals surface area contributed by atoms with Gasteiger partial charge in [0.2, 0.25) is 0 Å². The summed E-state index contributed by atoms with van der Waals surface area (Å²) in [6, 6.07) is 6.73. The number of aromatic amines is 1. The fourth-order valence-electron chi connectivity index (χ4n) is 3.14. The van der Waals surface area contributed by atoms with Gasteiger partial charge in [-0.3, -0.25) is 5.10 Å². The van der Waals surface area contributed by atoms with Gasteiger partial charge in [0.1, 0.15) is 5.82 Å². The largest absolute Gasteiger partial charge is 0.393 e. The summed E-state index contributed by atoms with van der Waals surface area (Å²) in [6.07, 6.45) is 4.46. The number of hydrogen-bond acceptors (Lipinski definition) is 4. The molecule has 1 saturated heterocycles. The zero-order valence-electron chi connectivity index (χ0n) is 13.8. The number of piperidine rings is 1. The Hall–Kier alpha value is -1.76. The minimum atomic E-state index is -0.240. The normalized spacial score (nSPS) is 16.6. The maximum atomic E-state index is 13.9. The summed E-state index contributed by atoms with van der Waals surface area (Å²) in [5.74, 6) is -0.240. The van der Waals surface area contributed by atoms with Crippen molar-refractivity contribution in [2.75, 3.05) is 26.2 Å². The molecule has 1 fully saturated rings. The Balaban J connectivity index is 1.43. The van der Waals surface area contributed by atoms with E-state index in [1.165, 1.54) is 6.07 Å². The van der Waals surface area contributed by atoms with E-state index < -0.39 is 0 Å². The Morgan fingerprint density at radius 1 is 1.29 bits per heavy atom. The van der Waals surface area contributed by atoms with Gasteiger partial charge >= 0.3 is 0 Å². The SMILES string of the molecule is OC1CCN(CCCNCc2cn[nH]c2-c2ccccc2F)CC1. The summed E-state index contributed by atoms with van der Waals surface area (Å²) in [7, 11) is 0. The van der Waals surface area contributed by atoms with Gasteiger partial charge < -0.3 is 15.3 Å². The number of aliphatic hydroxyl groups excluding tert-OH is 1. The third-order valence-electron chi connectivity index (χ3n) is 4.56. The molecule has 0 saturated carbocycles. The second kappa shape index (κ2) is 8.37. The van der Waals surface area contributed by atoms with Crippen LogP contribution in [0.1, 0.15) is 24.8 Å². The van der Waals surface area contributed by atoms with E-state index in [1.54, 1.807) is 18.3 Å². The van der Waals surface area contributed by atoms with Crippen molar-refractivity contribution < 1.29 is 9.50 Å². The van der Waals surface area contributed by atoms with Crippen molar-refractivity contribution in [3.8, 4) is 11.3 Å². The highest BCUT2D eigenvalue weighted by molar-refractivity contribution is 5.63. The number of benzene rings is 1. The first kappa shape index (κ1) is 17.1. The van der Waals surface area contributed by atoms with Crippen LogP contribution in [0.4, 0.5) is 4.39 Å². The van der Waals surface area contributed by atoms with Crippen molar-refractivity contribution in [1.82, 2.24) is 20.4 Å². The summed E-state index contributed by atoms with van der Waals surface area (Å²) in [6.45, 7) is 4.59. The zero-order chi connectivity index (χ0) is 16.8. The van der Waals surface area contributed by atoms with Gasteiger partial charge in [0.25, 0.3) is 0 Å². The van der Waals surface area contributed by atoms with Crippen molar-refractivity contribution in [2.45, 2.75) is 31.9 Å². The molecule has 3 N–H and O–H groups in total. The van der Waals surface area contributed by atoms with Crippen LogP contribution in [0.5, 0.6) is 0 Å². The summed E-state index contributed by atoms with van der Waals surface area (Å²) >= 11 is 0. The van der Waals surface area contributed by atoms with Crippen molar-refractivity contribution in [3.63, 3.8) is 0 Å². The molecule has 1 aliphatic rings. The lowest BCUT2D eigenvalue weighted by Crippen LogP contribution is -2.37. The molecule has 0 amide bonds. The van der Waals surface area contributed by atoms with Crippen molar-refractivity contribution in [3.05, 3.63) is 41.8 Å². The van der Waals surface area contributed by atoms with Crippen LogP contribution < -0.4 is 5.32 Å². The second-order valence-corrected chi connectivity index (χ2v) is 6.35. The molecule has 2 aromatic rings. The van der Waals surface area contributed by atoms with Gasteiger partial charge in [-0.05, 0) is 44.5 Å². The number of aromatic nitrogens is 2. The molecular weight excluding hydrogens is 307 g/mol. The smallest absolute Gasteiger partial charge is 0.132 e. The topological polar surface area (TPSA) is 64.2 Å². The van der Waals surface area contributed by atoms with Crippen LogP contribution in [0.15, 0.2) is 30.5 Å². The van der Waals surface area contributed by atoms with E-state index in [0.717, 1.165) is 56.7 Å². The van der Waals surface area contributed by atoms with Crippen LogP contribution in [0.3, 0.4) is 0 Å². The van der Waals surface area contributed by atoms with E-state index in [2.05, 4.69) is 20.4 Å². The Morgan fingerprint density at radius 2 is 2.08 bits per heavy atom. The lowest BCUT2D eigenvalue weighted by atomic mass is 10.1. The predicted molar refractivity (Wildman–Crippen MR) is 92.0 cm³/mol. The zero-order valence-corrected chi connectivity index (χ0v) is 13.8. The molecule has 130 valence electrons. The number of likely N-dealkylation sites (tertiary alicyclic amines) is 1. The van der Waals surface area contributed by atoms with E-state index in [-0.39, 0.29) is 11.9 Å². The number of halogens is 1. The molecular formula is C18H25FN4O. The molecule has 1 aromatic carbocycles. The Kier molecular flexibility index (Phi) is 5.96. The molecule has 3 rings (SSSR count). The average Bonchev–Trinajstić information content (AvgIpc) is 3.05. The van der Waals surface area contributed by atoms with E-state index in [9.17, 15) is 9.50 Å². The van der Waals surface area contributed by atoms with E-state index in [4.69, 9.17) is 0 Å². The standard InChI is InChI=1S/C18H25FN4O/c19-17-5-2-1-4-16(17)18-14(13-21-22-18)12-20-8-3-9-23-10-6-15(24)7-11-23/h1-2,4-5,13,15,20,24H,3,6-12H2,(H,21,22). The molecule has 0 atom stereocenters. The van der Waals surface area contributed by atoms with Crippen LogP contribution in [0.25, 0.3) is 11.3 Å². The maximum absolute atomic E-state index is 13.9. The molecule has 1 aliphatic heterocycles. The molecule has 2 heterocycles. The van der Waals surface area contributed by atoms with Crippen molar-refractivity contribution in [1.29, 1.82) is 0 Å². The number of hydrogen-bond donors (Lipinski definition) is 3. The monoisotopic (exact) mass is 332 g/mol. The van der Waals surface area contributed by atoms with Gasteiger partial charge in [0.05, 0.1) is 18.0 Å². The maximum Gasteiger partial charge on any atom is 0.132 e. The lowest BCUT2D eigenvalue weighted by Gasteiger charge is -2.29. The molecule has 24 heavy (non-hydrogen) atoms. The van der Waals surface area contributed by atoms with E-state index in [1.807, 2.05) is 6.07 Å². The first-order valence-corrected chi connectivity index (χ1v) is 8.62. The number of H-pyrrole nitrogens is 1. The minimum Gasteiger partial charge on any atom is -0.393 e. The van der Waals surface area contributed by atoms with Crippen LogP contribution >= 0.6 is 0 Å².